The average molecular weight is 505 g/mol. The number of phenolic OH excluding ortho intramolecular Hbond substituents is 1. The van der Waals surface area contributed by atoms with Crippen LogP contribution < -0.4 is 9.64 Å². The number of carbonyl (C=O) groups excluding carboxylic acids is 2. The maximum absolute atomic E-state index is 13.5. The van der Waals surface area contributed by atoms with Crippen LogP contribution in [0, 0.1) is 5.82 Å². The number of anilines is 1. The van der Waals surface area contributed by atoms with Crippen molar-refractivity contribution in [3.63, 3.8) is 0 Å². The van der Waals surface area contributed by atoms with Crippen molar-refractivity contribution >= 4 is 44.1 Å². The van der Waals surface area contributed by atoms with E-state index in [0.717, 1.165) is 28.8 Å². The van der Waals surface area contributed by atoms with Crippen molar-refractivity contribution in [2.24, 2.45) is 0 Å². The SMILES string of the molecule is CCc1ccc2nc(N3C(=O)C(=O)C(=C(O)c4ccc(F)cc4)C3c3ccc(O)c(OC)c3)sc2c1. The smallest absolute Gasteiger partial charge is 0.301 e. The van der Waals surface area contributed by atoms with E-state index in [-0.39, 0.29) is 27.8 Å². The normalized spacial score (nSPS) is 17.2. The Kier molecular flexibility index (Phi) is 5.93. The summed E-state index contributed by atoms with van der Waals surface area (Å²) >= 11 is 1.26. The molecule has 0 bridgehead atoms. The van der Waals surface area contributed by atoms with E-state index in [1.165, 1.54) is 47.6 Å². The molecule has 4 aromatic rings. The number of thiazole rings is 1. The first-order valence-electron chi connectivity index (χ1n) is 11.2. The predicted molar refractivity (Wildman–Crippen MR) is 135 cm³/mol. The van der Waals surface area contributed by atoms with Gasteiger partial charge in [-0.1, -0.05) is 30.4 Å². The predicted octanol–water partition coefficient (Wildman–Crippen LogP) is 5.34. The number of phenols is 1. The minimum absolute atomic E-state index is 0.121. The summed E-state index contributed by atoms with van der Waals surface area (Å²) in [6.07, 6.45) is 0.832. The number of ketones is 1. The number of aliphatic hydroxyl groups is 1. The molecule has 1 aromatic heterocycles. The Hall–Kier alpha value is -4.24. The van der Waals surface area contributed by atoms with Crippen molar-refractivity contribution in [2.75, 3.05) is 12.0 Å². The number of nitrogens with zero attached hydrogens (tertiary/aromatic N) is 2. The Morgan fingerprint density at radius 1 is 1.11 bits per heavy atom. The highest BCUT2D eigenvalue weighted by molar-refractivity contribution is 7.22. The molecule has 1 aliphatic rings. The third-order valence-electron chi connectivity index (χ3n) is 6.14. The molecule has 1 aliphatic heterocycles. The van der Waals surface area contributed by atoms with E-state index in [0.29, 0.717) is 11.1 Å². The molecule has 9 heteroatoms. The molecular weight excluding hydrogens is 483 g/mol. The quantitative estimate of drug-likeness (QED) is 0.216. The third kappa shape index (κ3) is 3.87. The topological polar surface area (TPSA) is 100.0 Å². The molecule has 1 saturated heterocycles. The van der Waals surface area contributed by atoms with Gasteiger partial charge in [0.2, 0.25) is 0 Å². The van der Waals surface area contributed by atoms with Crippen molar-refractivity contribution in [3.05, 3.63) is 88.7 Å². The van der Waals surface area contributed by atoms with Crippen LogP contribution in [0.15, 0.2) is 66.2 Å². The number of amides is 1. The zero-order chi connectivity index (χ0) is 25.6. The number of halogens is 1. The van der Waals surface area contributed by atoms with Gasteiger partial charge in [-0.15, -0.1) is 0 Å². The second-order valence-corrected chi connectivity index (χ2v) is 9.27. The van der Waals surface area contributed by atoms with Crippen LogP contribution in [0.4, 0.5) is 9.52 Å². The summed E-state index contributed by atoms with van der Waals surface area (Å²) in [6, 6.07) is 14.1. The molecule has 0 spiro atoms. The van der Waals surface area contributed by atoms with Crippen molar-refractivity contribution < 1.29 is 28.9 Å². The van der Waals surface area contributed by atoms with E-state index in [2.05, 4.69) is 4.98 Å². The van der Waals surface area contributed by atoms with Gasteiger partial charge in [0, 0.05) is 5.56 Å². The van der Waals surface area contributed by atoms with Crippen LogP contribution in [0.5, 0.6) is 11.5 Å². The number of aryl methyl sites for hydroxylation is 1. The monoisotopic (exact) mass is 504 g/mol. The first kappa shape index (κ1) is 23.5. The van der Waals surface area contributed by atoms with Crippen LogP contribution in [0.1, 0.15) is 29.7 Å². The van der Waals surface area contributed by atoms with Crippen molar-refractivity contribution in [2.45, 2.75) is 19.4 Å². The highest BCUT2D eigenvalue weighted by atomic mass is 32.1. The largest absolute Gasteiger partial charge is 0.507 e. The van der Waals surface area contributed by atoms with Crippen molar-refractivity contribution in [1.82, 2.24) is 4.98 Å². The molecule has 0 aliphatic carbocycles. The Morgan fingerprint density at radius 3 is 2.56 bits per heavy atom. The molecule has 2 N–H and O–H groups in total. The molecule has 5 rings (SSSR count). The van der Waals surface area contributed by atoms with Crippen LogP contribution in [-0.4, -0.2) is 34.0 Å². The van der Waals surface area contributed by atoms with E-state index in [1.807, 2.05) is 25.1 Å². The van der Waals surface area contributed by atoms with Gasteiger partial charge >= 0.3 is 5.91 Å². The van der Waals surface area contributed by atoms with Crippen molar-refractivity contribution in [3.8, 4) is 11.5 Å². The van der Waals surface area contributed by atoms with Gasteiger partial charge in [-0.2, -0.15) is 0 Å². The number of hydrogen-bond acceptors (Lipinski definition) is 7. The number of methoxy groups -OCH3 is 1. The lowest BCUT2D eigenvalue weighted by Crippen LogP contribution is -2.29. The van der Waals surface area contributed by atoms with Crippen LogP contribution in [0.2, 0.25) is 0 Å². The second kappa shape index (κ2) is 9.09. The van der Waals surface area contributed by atoms with Crippen LogP contribution in [-0.2, 0) is 16.0 Å². The molecule has 182 valence electrons. The molecule has 0 radical (unpaired) electrons. The summed E-state index contributed by atoms with van der Waals surface area (Å²) in [5.41, 5.74) is 2.21. The molecule has 1 amide bonds. The Balaban J connectivity index is 1.74. The summed E-state index contributed by atoms with van der Waals surface area (Å²) in [5.74, 6) is -2.69. The molecule has 0 saturated carbocycles. The first-order valence-corrected chi connectivity index (χ1v) is 12.0. The summed E-state index contributed by atoms with van der Waals surface area (Å²) in [6.45, 7) is 2.04. The lowest BCUT2D eigenvalue weighted by Gasteiger charge is -2.23. The number of rotatable bonds is 5. The zero-order valence-corrected chi connectivity index (χ0v) is 20.2. The van der Waals surface area contributed by atoms with E-state index < -0.39 is 29.3 Å². The van der Waals surface area contributed by atoms with Gasteiger partial charge in [-0.05, 0) is 66.1 Å². The zero-order valence-electron chi connectivity index (χ0n) is 19.4. The maximum Gasteiger partial charge on any atom is 0.301 e. The first-order chi connectivity index (χ1) is 17.3. The van der Waals surface area contributed by atoms with Crippen molar-refractivity contribution in [1.29, 1.82) is 0 Å². The molecule has 1 unspecified atom stereocenters. The van der Waals surface area contributed by atoms with E-state index >= 15 is 0 Å². The highest BCUT2D eigenvalue weighted by Gasteiger charge is 2.48. The molecule has 1 atom stereocenters. The number of fused-ring (bicyclic) bond motifs is 1. The summed E-state index contributed by atoms with van der Waals surface area (Å²) in [7, 11) is 1.38. The lowest BCUT2D eigenvalue weighted by atomic mass is 9.95. The number of hydrogen-bond donors (Lipinski definition) is 2. The highest BCUT2D eigenvalue weighted by Crippen LogP contribution is 2.45. The lowest BCUT2D eigenvalue weighted by molar-refractivity contribution is -0.132. The molecule has 1 fully saturated rings. The molecule has 36 heavy (non-hydrogen) atoms. The summed E-state index contributed by atoms with van der Waals surface area (Å²) < 4.78 is 19.6. The Morgan fingerprint density at radius 2 is 1.86 bits per heavy atom. The van der Waals surface area contributed by atoms with Crippen LogP contribution in [0.25, 0.3) is 16.0 Å². The van der Waals surface area contributed by atoms with Gasteiger partial charge in [-0.25, -0.2) is 9.37 Å². The fourth-order valence-electron chi connectivity index (χ4n) is 4.25. The third-order valence-corrected chi connectivity index (χ3v) is 7.15. The second-order valence-electron chi connectivity index (χ2n) is 8.26. The number of carbonyl (C=O) groups is 2. The standard InChI is InChI=1S/C27H21FN2O5S/c1-3-14-4-10-18-21(12-14)36-27(29-18)30-23(16-7-11-19(31)20(13-16)35-2)22(25(33)26(30)34)24(32)15-5-8-17(28)9-6-15/h4-13,23,31-32H,3H2,1-2H3. The fraction of sp³-hybridized carbons (Fsp3) is 0.148. The van der Waals surface area contributed by atoms with Gasteiger partial charge in [0.15, 0.2) is 16.6 Å². The number of benzene rings is 3. The molecule has 7 nitrogen and oxygen atoms in total. The molecule has 3 aromatic carbocycles. The number of aromatic nitrogens is 1. The number of Topliss-reactive ketones (excluding diaryl/α,β-unsaturated/α-hetero) is 1. The van der Waals surface area contributed by atoms with Gasteiger partial charge in [0.05, 0.1) is 28.9 Å². The summed E-state index contributed by atoms with van der Waals surface area (Å²) in [5, 5.41) is 21.5. The van der Waals surface area contributed by atoms with Gasteiger partial charge in [-0.3, -0.25) is 14.5 Å². The number of ether oxygens (including phenoxy) is 1. The molecule has 2 heterocycles. The van der Waals surface area contributed by atoms with Gasteiger partial charge in [0.1, 0.15) is 11.6 Å². The average Bonchev–Trinajstić information content (AvgIpc) is 3.42. The van der Waals surface area contributed by atoms with Gasteiger partial charge in [0.25, 0.3) is 5.78 Å². The summed E-state index contributed by atoms with van der Waals surface area (Å²) in [4.78, 5) is 32.5. The Labute approximate surface area is 209 Å². The van der Waals surface area contributed by atoms with Crippen LogP contribution in [0.3, 0.4) is 0 Å². The maximum atomic E-state index is 13.5. The van der Waals surface area contributed by atoms with E-state index in [9.17, 15) is 24.2 Å². The van der Waals surface area contributed by atoms with E-state index in [1.54, 1.807) is 6.07 Å². The fourth-order valence-corrected chi connectivity index (χ4v) is 5.31. The minimum atomic E-state index is -1.06. The number of aliphatic hydroxyl groups excluding tert-OH is 1. The minimum Gasteiger partial charge on any atom is -0.507 e. The van der Waals surface area contributed by atoms with E-state index in [4.69, 9.17) is 4.74 Å². The van der Waals surface area contributed by atoms with Crippen LogP contribution >= 0.6 is 11.3 Å². The van der Waals surface area contributed by atoms with Gasteiger partial charge < -0.3 is 14.9 Å². The number of aromatic hydroxyl groups is 1. The Bertz CT molecular complexity index is 1540. The molecular formula is C27H21FN2O5S.